The van der Waals surface area contributed by atoms with Crippen molar-refractivity contribution in [3.8, 4) is 11.5 Å². The number of rotatable bonds is 1. The van der Waals surface area contributed by atoms with Crippen molar-refractivity contribution >= 4 is 15.9 Å². The fraction of sp³-hybridized carbons (Fsp3) is 0.333. The van der Waals surface area contributed by atoms with Gasteiger partial charge in [-0.25, -0.2) is 4.39 Å². The van der Waals surface area contributed by atoms with Gasteiger partial charge in [-0.1, -0.05) is 20.8 Å². The van der Waals surface area contributed by atoms with E-state index in [1.54, 1.807) is 12.1 Å². The molecule has 2 rings (SSSR count). The summed E-state index contributed by atoms with van der Waals surface area (Å²) in [6.07, 6.45) is 0. The van der Waals surface area contributed by atoms with Crippen molar-refractivity contribution in [2.75, 3.05) is 0 Å². The first-order valence-corrected chi connectivity index (χ1v) is 5.96. The van der Waals surface area contributed by atoms with Gasteiger partial charge >= 0.3 is 0 Å². The van der Waals surface area contributed by atoms with E-state index in [-0.39, 0.29) is 11.2 Å². The van der Waals surface area contributed by atoms with E-state index < -0.39 is 0 Å². The van der Waals surface area contributed by atoms with Crippen molar-refractivity contribution in [2.24, 2.45) is 0 Å². The zero-order valence-electron chi connectivity index (χ0n) is 9.79. The minimum Gasteiger partial charge on any atom is -0.420 e. The third-order valence-corrected chi connectivity index (χ3v) is 2.84. The topological polar surface area (TPSA) is 38.9 Å². The minimum absolute atomic E-state index is 0.192. The Hall–Kier alpha value is -1.23. The van der Waals surface area contributed by atoms with E-state index >= 15 is 0 Å². The molecule has 0 unspecified atom stereocenters. The highest BCUT2D eigenvalue weighted by atomic mass is 79.9. The third kappa shape index (κ3) is 2.54. The van der Waals surface area contributed by atoms with Gasteiger partial charge in [-0.2, -0.15) is 0 Å². The number of nitrogens with zero attached hydrogens (tertiary/aromatic N) is 2. The molecule has 0 N–H and O–H groups in total. The largest absolute Gasteiger partial charge is 0.420 e. The average molecular weight is 299 g/mol. The fourth-order valence-electron chi connectivity index (χ4n) is 1.27. The zero-order chi connectivity index (χ0) is 12.6. The molecule has 3 nitrogen and oxygen atoms in total. The number of hydrogen-bond donors (Lipinski definition) is 0. The van der Waals surface area contributed by atoms with E-state index in [2.05, 4.69) is 26.1 Å². The van der Waals surface area contributed by atoms with Crippen molar-refractivity contribution < 1.29 is 8.81 Å². The molecule has 2 aromatic rings. The summed E-state index contributed by atoms with van der Waals surface area (Å²) in [5, 5.41) is 7.95. The van der Waals surface area contributed by atoms with E-state index in [1.807, 2.05) is 20.8 Å². The highest BCUT2D eigenvalue weighted by Gasteiger charge is 2.22. The van der Waals surface area contributed by atoms with Crippen molar-refractivity contribution in [2.45, 2.75) is 26.2 Å². The number of aromatic nitrogens is 2. The van der Waals surface area contributed by atoms with Crippen LogP contribution in [0.5, 0.6) is 0 Å². The second kappa shape index (κ2) is 4.22. The van der Waals surface area contributed by atoms with Crippen LogP contribution >= 0.6 is 15.9 Å². The zero-order valence-corrected chi connectivity index (χ0v) is 11.4. The number of hydrogen-bond acceptors (Lipinski definition) is 3. The van der Waals surface area contributed by atoms with Crippen LogP contribution in [0.4, 0.5) is 4.39 Å². The van der Waals surface area contributed by atoms with Gasteiger partial charge in [-0.3, -0.25) is 0 Å². The van der Waals surface area contributed by atoms with E-state index in [4.69, 9.17) is 4.42 Å². The predicted molar refractivity (Wildman–Crippen MR) is 66.1 cm³/mol. The molecule has 0 aliphatic carbocycles. The molecule has 0 amide bonds. The standard InChI is InChI=1S/C12H12BrFN2O/c1-12(2,3)11-16-15-10(17-11)7-4-5-9(14)8(13)6-7/h4-6H,1-3H3. The summed E-state index contributed by atoms with van der Waals surface area (Å²) < 4.78 is 19.0. The molecule has 0 fully saturated rings. The van der Waals surface area contributed by atoms with Crippen LogP contribution in [0.3, 0.4) is 0 Å². The van der Waals surface area contributed by atoms with E-state index in [1.165, 1.54) is 6.07 Å². The molecule has 1 aromatic carbocycles. The lowest BCUT2D eigenvalue weighted by molar-refractivity contribution is 0.399. The Morgan fingerprint density at radius 1 is 1.24 bits per heavy atom. The van der Waals surface area contributed by atoms with Crippen molar-refractivity contribution in [1.82, 2.24) is 10.2 Å². The molecule has 90 valence electrons. The first kappa shape index (κ1) is 12.2. The van der Waals surface area contributed by atoms with Gasteiger partial charge < -0.3 is 4.42 Å². The molecule has 0 saturated heterocycles. The van der Waals surface area contributed by atoms with Gasteiger partial charge in [0.05, 0.1) is 4.47 Å². The summed E-state index contributed by atoms with van der Waals surface area (Å²) in [5.41, 5.74) is 0.504. The van der Waals surface area contributed by atoms with Gasteiger partial charge in [-0.05, 0) is 34.1 Å². The van der Waals surface area contributed by atoms with Crippen molar-refractivity contribution in [3.05, 3.63) is 34.4 Å². The van der Waals surface area contributed by atoms with Crippen LogP contribution in [0.15, 0.2) is 27.1 Å². The number of halogens is 2. The highest BCUT2D eigenvalue weighted by molar-refractivity contribution is 9.10. The Labute approximate surface area is 107 Å². The Morgan fingerprint density at radius 3 is 2.47 bits per heavy atom. The van der Waals surface area contributed by atoms with Crippen LogP contribution in [0, 0.1) is 5.82 Å². The molecule has 0 aliphatic rings. The monoisotopic (exact) mass is 298 g/mol. The minimum atomic E-state index is -0.315. The lowest BCUT2D eigenvalue weighted by Crippen LogP contribution is -2.11. The smallest absolute Gasteiger partial charge is 0.247 e. The quantitative estimate of drug-likeness (QED) is 0.800. The summed E-state index contributed by atoms with van der Waals surface area (Å²) in [6.45, 7) is 5.97. The summed E-state index contributed by atoms with van der Waals surface area (Å²) in [4.78, 5) is 0. The molecule has 1 aromatic heterocycles. The second-order valence-electron chi connectivity index (χ2n) is 4.79. The fourth-order valence-corrected chi connectivity index (χ4v) is 1.65. The Morgan fingerprint density at radius 2 is 1.94 bits per heavy atom. The van der Waals surface area contributed by atoms with Gasteiger partial charge in [0.2, 0.25) is 11.8 Å². The van der Waals surface area contributed by atoms with Crippen molar-refractivity contribution in [3.63, 3.8) is 0 Å². The van der Waals surface area contributed by atoms with Gasteiger partial charge in [0.1, 0.15) is 5.82 Å². The molecule has 0 aliphatic heterocycles. The molecular weight excluding hydrogens is 287 g/mol. The predicted octanol–water partition coefficient (Wildman–Crippen LogP) is 3.94. The van der Waals surface area contributed by atoms with E-state index in [0.717, 1.165) is 0 Å². The van der Waals surface area contributed by atoms with E-state index in [9.17, 15) is 4.39 Å². The lowest BCUT2D eigenvalue weighted by atomic mass is 9.97. The van der Waals surface area contributed by atoms with E-state index in [0.29, 0.717) is 21.8 Å². The molecule has 0 bridgehead atoms. The molecule has 1 heterocycles. The SMILES string of the molecule is CC(C)(C)c1nnc(-c2ccc(F)c(Br)c2)o1. The van der Waals surface area contributed by atoms with Gasteiger partial charge in [0, 0.05) is 11.0 Å². The summed E-state index contributed by atoms with van der Waals surface area (Å²) in [5.74, 6) is 0.646. The van der Waals surface area contributed by atoms with Crippen LogP contribution in [0.1, 0.15) is 26.7 Å². The van der Waals surface area contributed by atoms with Gasteiger partial charge in [0.15, 0.2) is 0 Å². The average Bonchev–Trinajstić information content (AvgIpc) is 2.70. The molecule has 0 radical (unpaired) electrons. The summed E-state index contributed by atoms with van der Waals surface area (Å²) >= 11 is 3.12. The Bertz CT molecular complexity index is 546. The normalized spacial score (nSPS) is 11.8. The van der Waals surface area contributed by atoms with Gasteiger partial charge in [-0.15, -0.1) is 10.2 Å². The van der Waals surface area contributed by atoms with Crippen molar-refractivity contribution in [1.29, 1.82) is 0 Å². The first-order chi connectivity index (χ1) is 7.88. The molecular formula is C12H12BrFN2O. The van der Waals surface area contributed by atoms with Crippen LogP contribution in [-0.2, 0) is 5.41 Å². The third-order valence-electron chi connectivity index (χ3n) is 2.23. The second-order valence-corrected chi connectivity index (χ2v) is 5.65. The van der Waals surface area contributed by atoms with Crippen LogP contribution < -0.4 is 0 Å². The van der Waals surface area contributed by atoms with Crippen LogP contribution in [-0.4, -0.2) is 10.2 Å². The summed E-state index contributed by atoms with van der Waals surface area (Å²) in [6, 6.07) is 4.59. The maximum Gasteiger partial charge on any atom is 0.247 e. The van der Waals surface area contributed by atoms with Gasteiger partial charge in [0.25, 0.3) is 0 Å². The maximum atomic E-state index is 13.1. The highest BCUT2D eigenvalue weighted by Crippen LogP contribution is 2.27. The molecule has 0 spiro atoms. The molecule has 0 saturated carbocycles. The first-order valence-electron chi connectivity index (χ1n) is 5.17. The number of benzene rings is 1. The Balaban J connectivity index is 2.40. The van der Waals surface area contributed by atoms with Crippen LogP contribution in [0.25, 0.3) is 11.5 Å². The lowest BCUT2D eigenvalue weighted by Gasteiger charge is -2.10. The van der Waals surface area contributed by atoms with Crippen LogP contribution in [0.2, 0.25) is 0 Å². The molecule has 17 heavy (non-hydrogen) atoms. The molecule has 5 heteroatoms. The molecule has 0 atom stereocenters. The Kier molecular flexibility index (Phi) is 3.03. The summed E-state index contributed by atoms with van der Waals surface area (Å²) in [7, 11) is 0. The maximum absolute atomic E-state index is 13.1.